The Hall–Kier alpha value is -1.08. The summed E-state index contributed by atoms with van der Waals surface area (Å²) in [6.07, 6.45) is 8.21. The standard InChI is InChI=1S/C24H36N3O.HI/c1-4-5-9-16-26-21-13-8-7-12-19(21)20-17-23(27(2,3)18-22(20)26)24(28)25-14-10-6-11-15-25;/h7-8,12-13,23H,4-6,9-11,14-18H2,1-3H3;1H/q+1;/p-1/t23-;/m0./s1. The van der Waals surface area contributed by atoms with E-state index in [-0.39, 0.29) is 30.0 Å². The molecule has 0 spiro atoms. The van der Waals surface area contributed by atoms with Crippen molar-refractivity contribution in [3.63, 3.8) is 0 Å². The third-order valence-corrected chi connectivity index (χ3v) is 6.93. The molecule has 0 saturated carbocycles. The highest BCUT2D eigenvalue weighted by atomic mass is 127. The molecule has 1 fully saturated rings. The summed E-state index contributed by atoms with van der Waals surface area (Å²) in [5.74, 6) is 0.373. The molecule has 4 nitrogen and oxygen atoms in total. The van der Waals surface area contributed by atoms with E-state index in [1.807, 2.05) is 0 Å². The lowest BCUT2D eigenvalue weighted by Crippen LogP contribution is -3.00. The van der Waals surface area contributed by atoms with Crippen LogP contribution in [0.1, 0.15) is 56.7 Å². The molecule has 4 rings (SSSR count). The van der Waals surface area contributed by atoms with Gasteiger partial charge in [-0.2, -0.15) is 0 Å². The number of quaternary nitrogens is 1. The molecule has 2 aliphatic rings. The lowest BCUT2D eigenvalue weighted by Gasteiger charge is -2.43. The fourth-order valence-electron chi connectivity index (χ4n) is 5.26. The normalized spacial score (nSPS) is 20.9. The van der Waals surface area contributed by atoms with Gasteiger partial charge in [0.05, 0.1) is 19.8 Å². The molecule has 2 aliphatic heterocycles. The van der Waals surface area contributed by atoms with Crippen molar-refractivity contribution in [2.75, 3.05) is 27.2 Å². The molecule has 0 unspecified atom stereocenters. The van der Waals surface area contributed by atoms with Crippen LogP contribution in [0.15, 0.2) is 24.3 Å². The third-order valence-electron chi connectivity index (χ3n) is 6.93. The number of piperidine rings is 1. The largest absolute Gasteiger partial charge is 1.00 e. The van der Waals surface area contributed by atoms with E-state index in [1.165, 1.54) is 47.8 Å². The third kappa shape index (κ3) is 4.36. The first-order valence-corrected chi connectivity index (χ1v) is 11.2. The van der Waals surface area contributed by atoms with Gasteiger partial charge in [-0.05, 0) is 37.3 Å². The minimum absolute atomic E-state index is 0. The first-order valence-electron chi connectivity index (χ1n) is 11.2. The number of aromatic nitrogens is 1. The molecule has 0 N–H and O–H groups in total. The lowest BCUT2D eigenvalue weighted by atomic mass is 9.93. The maximum absolute atomic E-state index is 13.4. The predicted octanol–water partition coefficient (Wildman–Crippen LogP) is 1.35. The van der Waals surface area contributed by atoms with Crippen molar-refractivity contribution in [3.05, 3.63) is 35.5 Å². The number of carbonyl (C=O) groups is 1. The highest BCUT2D eigenvalue weighted by Gasteiger charge is 2.44. The number of likely N-dealkylation sites (tertiary alicyclic amines) is 1. The minimum atomic E-state index is 0. The van der Waals surface area contributed by atoms with Crippen LogP contribution < -0.4 is 24.0 Å². The van der Waals surface area contributed by atoms with Crippen LogP contribution in [0.25, 0.3) is 10.9 Å². The number of halogens is 1. The van der Waals surface area contributed by atoms with Gasteiger partial charge in [-0.3, -0.25) is 4.79 Å². The number of unbranched alkanes of at least 4 members (excludes halogenated alkanes) is 2. The number of amides is 1. The lowest BCUT2D eigenvalue weighted by molar-refractivity contribution is -0.921. The maximum atomic E-state index is 13.4. The zero-order valence-corrected chi connectivity index (χ0v) is 20.5. The highest BCUT2D eigenvalue weighted by molar-refractivity contribution is 5.88. The first-order chi connectivity index (χ1) is 13.5. The number of aryl methyl sites for hydroxylation is 1. The molecule has 160 valence electrons. The molecule has 29 heavy (non-hydrogen) atoms. The Morgan fingerprint density at radius 1 is 1.10 bits per heavy atom. The van der Waals surface area contributed by atoms with E-state index < -0.39 is 0 Å². The monoisotopic (exact) mass is 509 g/mol. The minimum Gasteiger partial charge on any atom is -1.00 e. The molecular formula is C24H36IN3O. The number of carbonyl (C=O) groups excluding carboxylic acids is 1. The second-order valence-electron chi connectivity index (χ2n) is 9.34. The Morgan fingerprint density at radius 2 is 1.83 bits per heavy atom. The summed E-state index contributed by atoms with van der Waals surface area (Å²) in [6.45, 7) is 6.19. The van der Waals surface area contributed by atoms with Crippen molar-refractivity contribution in [1.82, 2.24) is 9.47 Å². The van der Waals surface area contributed by atoms with Crippen molar-refractivity contribution >= 4 is 16.8 Å². The second-order valence-corrected chi connectivity index (χ2v) is 9.34. The van der Waals surface area contributed by atoms with Gasteiger partial charge in [0.2, 0.25) is 0 Å². The molecule has 1 saturated heterocycles. The van der Waals surface area contributed by atoms with Gasteiger partial charge in [0.15, 0.2) is 6.04 Å². The molecule has 0 bridgehead atoms. The van der Waals surface area contributed by atoms with E-state index in [1.54, 1.807) is 0 Å². The number of para-hydroxylation sites is 1. The Bertz CT molecular complexity index is 851. The Morgan fingerprint density at radius 3 is 2.55 bits per heavy atom. The molecule has 1 amide bonds. The summed E-state index contributed by atoms with van der Waals surface area (Å²) >= 11 is 0. The van der Waals surface area contributed by atoms with Crippen LogP contribution in [0.4, 0.5) is 0 Å². The molecule has 3 heterocycles. The smallest absolute Gasteiger partial charge is 0.281 e. The first kappa shape index (κ1) is 22.6. The average molecular weight is 509 g/mol. The van der Waals surface area contributed by atoms with Crippen LogP contribution >= 0.6 is 0 Å². The summed E-state index contributed by atoms with van der Waals surface area (Å²) in [6, 6.07) is 8.87. The van der Waals surface area contributed by atoms with E-state index in [0.717, 1.165) is 49.9 Å². The van der Waals surface area contributed by atoms with Gasteiger partial charge >= 0.3 is 0 Å². The zero-order valence-electron chi connectivity index (χ0n) is 18.3. The van der Waals surface area contributed by atoms with Crippen LogP contribution in [0.5, 0.6) is 0 Å². The van der Waals surface area contributed by atoms with Crippen molar-refractivity contribution in [2.45, 2.75) is 71.0 Å². The van der Waals surface area contributed by atoms with Crippen molar-refractivity contribution in [3.8, 4) is 0 Å². The molecular weight excluding hydrogens is 473 g/mol. The summed E-state index contributed by atoms with van der Waals surface area (Å²) in [7, 11) is 4.51. The van der Waals surface area contributed by atoms with Gasteiger partial charge in [0, 0.05) is 37.0 Å². The van der Waals surface area contributed by atoms with Crippen LogP contribution in [-0.2, 0) is 24.3 Å². The number of rotatable bonds is 5. The van der Waals surface area contributed by atoms with Gasteiger partial charge < -0.3 is 37.9 Å². The van der Waals surface area contributed by atoms with Crippen LogP contribution in [0.2, 0.25) is 0 Å². The Labute approximate surface area is 192 Å². The maximum Gasteiger partial charge on any atom is 0.281 e. The molecule has 0 radical (unpaired) electrons. The molecule has 1 aromatic carbocycles. The molecule has 2 aromatic rings. The number of hydrogen-bond acceptors (Lipinski definition) is 1. The van der Waals surface area contributed by atoms with E-state index in [9.17, 15) is 4.79 Å². The van der Waals surface area contributed by atoms with Crippen molar-refractivity contribution in [2.24, 2.45) is 0 Å². The van der Waals surface area contributed by atoms with Gasteiger partial charge in [-0.1, -0.05) is 38.0 Å². The van der Waals surface area contributed by atoms with Gasteiger partial charge in [0.1, 0.15) is 6.54 Å². The zero-order chi connectivity index (χ0) is 19.7. The Balaban J connectivity index is 0.00000240. The Kier molecular flexibility index (Phi) is 7.31. The molecule has 1 aromatic heterocycles. The van der Waals surface area contributed by atoms with E-state index >= 15 is 0 Å². The number of benzene rings is 1. The number of hydrogen-bond donors (Lipinski definition) is 0. The van der Waals surface area contributed by atoms with Crippen LogP contribution in [-0.4, -0.2) is 53.1 Å². The predicted molar refractivity (Wildman–Crippen MR) is 115 cm³/mol. The van der Waals surface area contributed by atoms with E-state index in [0.29, 0.717) is 5.91 Å². The van der Waals surface area contributed by atoms with E-state index in [4.69, 9.17) is 0 Å². The number of likely N-dealkylation sites (N-methyl/N-ethyl adjacent to an activating group) is 1. The van der Waals surface area contributed by atoms with Crippen molar-refractivity contribution in [1.29, 1.82) is 0 Å². The van der Waals surface area contributed by atoms with Gasteiger partial charge in [-0.15, -0.1) is 0 Å². The molecule has 5 heteroatoms. The molecule has 1 atom stereocenters. The van der Waals surface area contributed by atoms with Gasteiger partial charge in [0.25, 0.3) is 5.91 Å². The highest BCUT2D eigenvalue weighted by Crippen LogP contribution is 2.36. The van der Waals surface area contributed by atoms with Crippen LogP contribution in [0, 0.1) is 0 Å². The molecule has 0 aliphatic carbocycles. The summed E-state index contributed by atoms with van der Waals surface area (Å²) in [4.78, 5) is 15.6. The summed E-state index contributed by atoms with van der Waals surface area (Å²) < 4.78 is 3.33. The quantitative estimate of drug-likeness (QED) is 0.340. The average Bonchev–Trinajstić information content (AvgIpc) is 2.99. The SMILES string of the molecule is CCCCCn1c2c(c3ccccc31)C[C@@H](C(=O)N1CCCCC1)[N+](C)(C)C2.[I-]. The topological polar surface area (TPSA) is 25.2 Å². The van der Waals surface area contributed by atoms with Crippen molar-refractivity contribution < 1.29 is 33.3 Å². The fourth-order valence-corrected chi connectivity index (χ4v) is 5.26. The summed E-state index contributed by atoms with van der Waals surface area (Å²) in [5.41, 5.74) is 4.25. The summed E-state index contributed by atoms with van der Waals surface area (Å²) in [5, 5.41) is 1.37. The number of fused-ring (bicyclic) bond motifs is 3. The second kappa shape index (κ2) is 9.38. The van der Waals surface area contributed by atoms with Crippen LogP contribution in [0.3, 0.4) is 0 Å². The number of nitrogens with zero attached hydrogens (tertiary/aromatic N) is 3. The van der Waals surface area contributed by atoms with Gasteiger partial charge in [-0.25, -0.2) is 0 Å². The van der Waals surface area contributed by atoms with E-state index in [2.05, 4.69) is 54.8 Å². The fraction of sp³-hybridized carbons (Fsp3) is 0.625.